The first kappa shape index (κ1) is 18.2. The number of aromatic amines is 1. The lowest BCUT2D eigenvalue weighted by atomic mass is 10.2. The minimum atomic E-state index is -0.691. The molecule has 0 saturated heterocycles. The van der Waals surface area contributed by atoms with Crippen molar-refractivity contribution in [2.24, 2.45) is 7.05 Å². The molecule has 0 aliphatic heterocycles. The number of carbonyl (C=O) groups is 1. The maximum atomic E-state index is 14.5. The predicted molar refractivity (Wildman–Crippen MR) is 106 cm³/mol. The van der Waals surface area contributed by atoms with Gasteiger partial charge in [-0.2, -0.15) is 0 Å². The number of nitrogens with zero attached hydrogens (tertiary/aromatic N) is 3. The van der Waals surface area contributed by atoms with Crippen molar-refractivity contribution in [3.05, 3.63) is 47.4 Å². The molecule has 0 radical (unpaired) electrons. The van der Waals surface area contributed by atoms with Gasteiger partial charge in [-0.3, -0.25) is 0 Å². The van der Waals surface area contributed by atoms with Gasteiger partial charge in [0.1, 0.15) is 11.5 Å². The molecule has 0 spiro atoms. The third-order valence-corrected chi connectivity index (χ3v) is 4.67. The van der Waals surface area contributed by atoms with E-state index < -0.39 is 11.8 Å². The Bertz CT molecular complexity index is 1210. The van der Waals surface area contributed by atoms with Gasteiger partial charge in [0.2, 0.25) is 0 Å². The lowest BCUT2D eigenvalue weighted by molar-refractivity contribution is 0.0373. The third-order valence-electron chi connectivity index (χ3n) is 4.67. The summed E-state index contributed by atoms with van der Waals surface area (Å²) >= 11 is 0. The zero-order valence-corrected chi connectivity index (χ0v) is 16.2. The number of aromatic nitrogens is 4. The fourth-order valence-electron chi connectivity index (χ4n) is 3.25. The van der Waals surface area contributed by atoms with Crippen LogP contribution in [0.1, 0.15) is 36.8 Å². The van der Waals surface area contributed by atoms with E-state index in [1.165, 1.54) is 12.1 Å². The molecule has 3 heterocycles. The van der Waals surface area contributed by atoms with Crippen molar-refractivity contribution in [1.29, 1.82) is 0 Å². The molecule has 4 aromatic rings. The van der Waals surface area contributed by atoms with Gasteiger partial charge in [-0.05, 0) is 44.5 Å². The van der Waals surface area contributed by atoms with E-state index in [0.717, 1.165) is 28.8 Å². The molecular formula is C21H21FN4O2. The summed E-state index contributed by atoms with van der Waals surface area (Å²) in [4.78, 5) is 24.6. The molecule has 0 bridgehead atoms. The highest BCUT2D eigenvalue weighted by Gasteiger charge is 2.20. The van der Waals surface area contributed by atoms with Crippen LogP contribution in [0.15, 0.2) is 30.3 Å². The Hall–Kier alpha value is -3.22. The number of ether oxygens (including phenoxy) is 1. The number of fused-ring (bicyclic) bond motifs is 2. The van der Waals surface area contributed by atoms with Crippen molar-refractivity contribution < 1.29 is 13.9 Å². The summed E-state index contributed by atoms with van der Waals surface area (Å²) in [5.74, 6) is -0.679. The smallest absolute Gasteiger partial charge is 0.341 e. The Labute approximate surface area is 161 Å². The van der Waals surface area contributed by atoms with Gasteiger partial charge in [0.05, 0.1) is 28.4 Å². The first-order chi connectivity index (χ1) is 13.4. The summed E-state index contributed by atoms with van der Waals surface area (Å²) in [7, 11) is 1.81. The van der Waals surface area contributed by atoms with E-state index in [4.69, 9.17) is 4.74 Å². The molecule has 7 heteroatoms. The van der Waals surface area contributed by atoms with Crippen LogP contribution in [-0.4, -0.2) is 31.6 Å². The van der Waals surface area contributed by atoms with Crippen molar-refractivity contribution >= 4 is 28.0 Å². The number of H-pyrrole nitrogens is 1. The fraction of sp³-hybridized carbons (Fsp3) is 0.286. The number of halogens is 1. The normalized spacial score (nSPS) is 11.6. The van der Waals surface area contributed by atoms with Gasteiger partial charge < -0.3 is 14.3 Å². The largest absolute Gasteiger partial charge is 0.459 e. The molecule has 28 heavy (non-hydrogen) atoms. The number of esters is 1. The number of hydrogen-bond acceptors (Lipinski definition) is 4. The minimum absolute atomic E-state index is 0.114. The molecule has 0 atom stereocenters. The highest BCUT2D eigenvalue weighted by atomic mass is 19.1. The molecular weight excluding hydrogens is 359 g/mol. The molecule has 0 unspecified atom stereocenters. The molecule has 4 rings (SSSR count). The van der Waals surface area contributed by atoms with Crippen LogP contribution in [0.4, 0.5) is 4.39 Å². The van der Waals surface area contributed by atoms with Gasteiger partial charge in [-0.25, -0.2) is 19.2 Å². The van der Waals surface area contributed by atoms with Crippen molar-refractivity contribution in [3.8, 4) is 11.5 Å². The van der Waals surface area contributed by atoms with Crippen LogP contribution in [0.2, 0.25) is 0 Å². The van der Waals surface area contributed by atoms with E-state index in [2.05, 4.69) is 21.9 Å². The van der Waals surface area contributed by atoms with Gasteiger partial charge in [-0.1, -0.05) is 6.92 Å². The van der Waals surface area contributed by atoms with Crippen LogP contribution < -0.4 is 0 Å². The highest BCUT2D eigenvalue weighted by molar-refractivity contribution is 5.95. The van der Waals surface area contributed by atoms with Crippen LogP contribution in [0.3, 0.4) is 0 Å². The number of benzene rings is 1. The third kappa shape index (κ3) is 3.02. The standard InChI is InChI=1S/C21H21FN4O2/c1-5-13-7-6-12-8-17(24-19(12)23-13)20-25-16-9-14(21(27)28-11(2)3)15(22)10-18(16)26(20)4/h6-11H,5H2,1-4H3,(H,23,24). The zero-order chi connectivity index (χ0) is 20.0. The van der Waals surface area contributed by atoms with E-state index in [1.807, 2.05) is 25.2 Å². The summed E-state index contributed by atoms with van der Waals surface area (Å²) in [6, 6.07) is 8.74. The summed E-state index contributed by atoms with van der Waals surface area (Å²) in [5.41, 5.74) is 3.57. The first-order valence-electron chi connectivity index (χ1n) is 9.23. The van der Waals surface area contributed by atoms with Crippen molar-refractivity contribution in [3.63, 3.8) is 0 Å². The topological polar surface area (TPSA) is 72.8 Å². The molecule has 6 nitrogen and oxygen atoms in total. The lowest BCUT2D eigenvalue weighted by Crippen LogP contribution is -2.13. The number of pyridine rings is 1. The molecule has 1 N–H and O–H groups in total. The maximum absolute atomic E-state index is 14.5. The van der Waals surface area contributed by atoms with Crippen molar-refractivity contribution in [2.45, 2.75) is 33.3 Å². The highest BCUT2D eigenvalue weighted by Crippen LogP contribution is 2.28. The van der Waals surface area contributed by atoms with Crippen LogP contribution >= 0.6 is 0 Å². The van der Waals surface area contributed by atoms with Crippen molar-refractivity contribution in [2.75, 3.05) is 0 Å². The van der Waals surface area contributed by atoms with Crippen LogP contribution in [0.25, 0.3) is 33.6 Å². The number of carbonyl (C=O) groups excluding carboxylic acids is 1. The summed E-state index contributed by atoms with van der Waals surface area (Å²) in [6.45, 7) is 5.50. The van der Waals surface area contributed by atoms with Crippen molar-refractivity contribution in [1.82, 2.24) is 19.5 Å². The molecule has 1 aromatic carbocycles. The average Bonchev–Trinajstić information content (AvgIpc) is 3.21. The molecule has 0 aliphatic rings. The molecule has 0 saturated carbocycles. The summed E-state index contributed by atoms with van der Waals surface area (Å²) < 4.78 is 21.4. The number of imidazole rings is 1. The molecule has 3 aromatic heterocycles. The van der Waals surface area contributed by atoms with E-state index in [9.17, 15) is 9.18 Å². The van der Waals surface area contributed by atoms with Gasteiger partial charge in [0, 0.05) is 24.2 Å². The molecule has 0 aliphatic carbocycles. The van der Waals surface area contributed by atoms with Gasteiger partial charge in [0.25, 0.3) is 0 Å². The molecule has 144 valence electrons. The van der Waals surface area contributed by atoms with Crippen LogP contribution in [0.5, 0.6) is 0 Å². The fourth-order valence-corrected chi connectivity index (χ4v) is 3.25. The van der Waals surface area contributed by atoms with E-state index in [0.29, 0.717) is 16.9 Å². The van der Waals surface area contributed by atoms with Gasteiger partial charge in [0.15, 0.2) is 5.82 Å². The average molecular weight is 380 g/mol. The summed E-state index contributed by atoms with van der Waals surface area (Å²) in [6.07, 6.45) is 0.527. The minimum Gasteiger partial charge on any atom is -0.459 e. The zero-order valence-electron chi connectivity index (χ0n) is 16.2. The monoisotopic (exact) mass is 380 g/mol. The Kier molecular flexibility index (Phi) is 4.37. The second-order valence-electron chi connectivity index (χ2n) is 7.05. The van der Waals surface area contributed by atoms with Crippen LogP contribution in [-0.2, 0) is 18.2 Å². The van der Waals surface area contributed by atoms with E-state index in [1.54, 1.807) is 18.4 Å². The Morgan fingerprint density at radius 3 is 2.75 bits per heavy atom. The number of rotatable bonds is 4. The number of nitrogens with one attached hydrogen (secondary N) is 1. The van der Waals surface area contributed by atoms with E-state index in [-0.39, 0.29) is 11.7 Å². The number of aryl methyl sites for hydroxylation is 2. The Morgan fingerprint density at radius 1 is 1.25 bits per heavy atom. The van der Waals surface area contributed by atoms with Gasteiger partial charge in [-0.15, -0.1) is 0 Å². The second kappa shape index (κ2) is 6.74. The SMILES string of the molecule is CCc1ccc2cc(-c3nc4cc(C(=O)OC(C)C)c(F)cc4n3C)[nH]c2n1. The number of hydrogen-bond donors (Lipinski definition) is 1. The van der Waals surface area contributed by atoms with Gasteiger partial charge >= 0.3 is 5.97 Å². The van der Waals surface area contributed by atoms with Crippen LogP contribution in [0, 0.1) is 5.82 Å². The second-order valence-corrected chi connectivity index (χ2v) is 7.05. The Balaban J connectivity index is 1.82. The maximum Gasteiger partial charge on any atom is 0.341 e. The molecule has 0 amide bonds. The Morgan fingerprint density at radius 2 is 2.04 bits per heavy atom. The quantitative estimate of drug-likeness (QED) is 0.533. The lowest BCUT2D eigenvalue weighted by Gasteiger charge is -2.08. The first-order valence-corrected chi connectivity index (χ1v) is 9.23. The van der Waals surface area contributed by atoms with E-state index >= 15 is 0 Å². The predicted octanol–water partition coefficient (Wildman–Crippen LogP) is 4.38. The molecule has 0 fully saturated rings. The summed E-state index contributed by atoms with van der Waals surface area (Å²) in [5, 5.41) is 0.978.